The second kappa shape index (κ2) is 9.26. The molecule has 2 aliphatic rings. The van der Waals surface area contributed by atoms with Gasteiger partial charge in [-0.25, -0.2) is 8.60 Å². The van der Waals surface area contributed by atoms with Gasteiger partial charge in [0.2, 0.25) is 5.91 Å². The van der Waals surface area contributed by atoms with E-state index >= 15 is 0 Å². The quantitative estimate of drug-likeness (QED) is 0.706. The normalized spacial score (nSPS) is 19.7. The van der Waals surface area contributed by atoms with Crippen molar-refractivity contribution < 1.29 is 27.7 Å². The van der Waals surface area contributed by atoms with Gasteiger partial charge in [0.1, 0.15) is 18.2 Å². The van der Waals surface area contributed by atoms with Crippen LogP contribution in [0.4, 0.5) is 4.39 Å². The lowest BCUT2D eigenvalue weighted by molar-refractivity contribution is -0.134. The Labute approximate surface area is 176 Å². The van der Waals surface area contributed by atoms with E-state index in [4.69, 9.17) is 9.47 Å². The van der Waals surface area contributed by atoms with Crippen molar-refractivity contribution in [3.63, 3.8) is 0 Å². The molecule has 9 heteroatoms. The minimum Gasteiger partial charge on any atom is -0.488 e. The summed E-state index contributed by atoms with van der Waals surface area (Å²) in [6.45, 7) is 2.80. The van der Waals surface area contributed by atoms with Gasteiger partial charge in [0, 0.05) is 37.3 Å². The summed E-state index contributed by atoms with van der Waals surface area (Å²) >= 11 is 0. The van der Waals surface area contributed by atoms with Crippen molar-refractivity contribution in [2.45, 2.75) is 37.5 Å². The molecule has 2 unspecified atom stereocenters. The zero-order valence-electron chi connectivity index (χ0n) is 17.4. The molecule has 1 saturated heterocycles. The van der Waals surface area contributed by atoms with Gasteiger partial charge in [-0.3, -0.25) is 9.59 Å². The summed E-state index contributed by atoms with van der Waals surface area (Å²) in [6.07, 6.45) is 4.20. The molecule has 164 valence electrons. The van der Waals surface area contributed by atoms with Crippen LogP contribution in [0.1, 0.15) is 31.7 Å². The van der Waals surface area contributed by atoms with Gasteiger partial charge in [0.15, 0.2) is 0 Å². The Kier molecular flexibility index (Phi) is 6.92. The maximum Gasteiger partial charge on any atom is 0.284 e. The Hall–Kier alpha value is -2.26. The highest BCUT2D eigenvalue weighted by molar-refractivity contribution is 7.93. The fraction of sp³-hybridized carbons (Fsp3) is 0.524. The van der Waals surface area contributed by atoms with Crippen molar-refractivity contribution in [3.8, 4) is 5.75 Å². The van der Waals surface area contributed by atoms with Gasteiger partial charge in [-0.1, -0.05) is 0 Å². The number of methoxy groups -OCH3 is 1. The third-order valence-electron chi connectivity index (χ3n) is 5.50. The molecule has 1 aromatic carbocycles. The van der Waals surface area contributed by atoms with E-state index < -0.39 is 21.5 Å². The maximum atomic E-state index is 13.4. The first kappa shape index (κ1) is 22.4. The van der Waals surface area contributed by atoms with E-state index in [2.05, 4.69) is 4.36 Å². The van der Waals surface area contributed by atoms with Gasteiger partial charge >= 0.3 is 0 Å². The van der Waals surface area contributed by atoms with Crippen molar-refractivity contribution in [2.75, 3.05) is 33.1 Å². The molecular formula is C21H27FN2O5S. The smallest absolute Gasteiger partial charge is 0.284 e. The molecule has 0 N–H and O–H groups in total. The Morgan fingerprint density at radius 3 is 2.73 bits per heavy atom. The average molecular weight is 439 g/mol. The SMILES string of the molecule is COC(C)CC(=O)N1CCC(S(C)(=O)=NC(=O)C2=Cc3cc(F)ccc3OC2)CC1. The minimum atomic E-state index is -2.80. The summed E-state index contributed by atoms with van der Waals surface area (Å²) in [5, 5.41) is -0.278. The van der Waals surface area contributed by atoms with Gasteiger partial charge < -0.3 is 14.4 Å². The van der Waals surface area contributed by atoms with Crippen LogP contribution >= 0.6 is 0 Å². The summed E-state index contributed by atoms with van der Waals surface area (Å²) in [7, 11) is -1.24. The standard InChI is InChI=1S/C21H27FN2O5S/c1-14(28-2)10-20(25)24-8-6-18(7-9-24)30(3,27)23-21(26)16-11-15-12-17(22)4-5-19(15)29-13-16/h4-5,11-12,14,18H,6-10,13H2,1-3H3. The van der Waals surface area contributed by atoms with Crippen molar-refractivity contribution in [2.24, 2.45) is 4.36 Å². The third-order valence-corrected chi connectivity index (χ3v) is 7.74. The number of hydrogen-bond donors (Lipinski definition) is 0. The van der Waals surface area contributed by atoms with Gasteiger partial charge in [-0.2, -0.15) is 4.36 Å². The number of halogens is 1. The van der Waals surface area contributed by atoms with E-state index in [1.807, 2.05) is 6.92 Å². The second-order valence-corrected chi connectivity index (χ2v) is 10.3. The molecule has 0 aromatic heterocycles. The van der Waals surface area contributed by atoms with Gasteiger partial charge in [-0.15, -0.1) is 0 Å². The number of ether oxygens (including phenoxy) is 2. The van der Waals surface area contributed by atoms with Crippen LogP contribution in [0.5, 0.6) is 5.75 Å². The molecular weight excluding hydrogens is 411 g/mol. The molecule has 30 heavy (non-hydrogen) atoms. The van der Waals surface area contributed by atoms with Crippen LogP contribution in [-0.4, -0.2) is 65.3 Å². The minimum absolute atomic E-state index is 0.00111. The molecule has 1 fully saturated rings. The monoisotopic (exact) mass is 438 g/mol. The molecule has 0 aliphatic carbocycles. The Morgan fingerprint density at radius 1 is 1.37 bits per heavy atom. The summed E-state index contributed by atoms with van der Waals surface area (Å²) in [5.74, 6) is -0.539. The molecule has 2 atom stereocenters. The molecule has 0 radical (unpaired) electrons. The third kappa shape index (κ3) is 5.26. The first-order chi connectivity index (χ1) is 14.2. The van der Waals surface area contributed by atoms with Crippen molar-refractivity contribution in [1.29, 1.82) is 0 Å². The van der Waals surface area contributed by atoms with E-state index in [-0.39, 0.29) is 29.4 Å². The molecule has 7 nitrogen and oxygen atoms in total. The number of benzene rings is 1. The van der Waals surface area contributed by atoms with Crippen molar-refractivity contribution in [3.05, 3.63) is 35.2 Å². The largest absolute Gasteiger partial charge is 0.488 e. The van der Waals surface area contributed by atoms with E-state index in [9.17, 15) is 18.2 Å². The number of hydrogen-bond acceptors (Lipinski definition) is 5. The zero-order chi connectivity index (χ0) is 21.9. The average Bonchev–Trinajstić information content (AvgIpc) is 2.72. The van der Waals surface area contributed by atoms with Gasteiger partial charge in [-0.05, 0) is 44.0 Å². The molecule has 2 heterocycles. The van der Waals surface area contributed by atoms with Crippen LogP contribution in [-0.2, 0) is 24.1 Å². The Morgan fingerprint density at radius 2 is 2.07 bits per heavy atom. The number of nitrogens with zero attached hydrogens (tertiary/aromatic N) is 2. The predicted octanol–water partition coefficient (Wildman–Crippen LogP) is 2.64. The Bertz CT molecular complexity index is 976. The lowest BCUT2D eigenvalue weighted by Crippen LogP contribution is -2.43. The predicted molar refractivity (Wildman–Crippen MR) is 112 cm³/mol. The van der Waals surface area contributed by atoms with Crippen LogP contribution < -0.4 is 4.74 Å². The molecule has 0 saturated carbocycles. The lowest BCUT2D eigenvalue weighted by atomic mass is 10.1. The highest BCUT2D eigenvalue weighted by atomic mass is 32.2. The van der Waals surface area contributed by atoms with Crippen LogP contribution in [0.25, 0.3) is 6.08 Å². The fourth-order valence-corrected chi connectivity index (χ4v) is 5.25. The molecule has 2 aliphatic heterocycles. The van der Waals surface area contributed by atoms with Gasteiger partial charge in [0.05, 0.1) is 27.8 Å². The summed E-state index contributed by atoms with van der Waals surface area (Å²) in [6, 6.07) is 4.07. The number of carbonyl (C=O) groups excluding carboxylic acids is 2. The number of fused-ring (bicyclic) bond motifs is 1. The van der Waals surface area contributed by atoms with Crippen LogP contribution in [0, 0.1) is 5.82 Å². The molecule has 2 amide bonds. The van der Waals surface area contributed by atoms with Gasteiger partial charge in [0.25, 0.3) is 5.91 Å². The topological polar surface area (TPSA) is 85.3 Å². The number of carbonyl (C=O) groups is 2. The Balaban J connectivity index is 1.67. The zero-order valence-corrected chi connectivity index (χ0v) is 18.2. The fourth-order valence-electron chi connectivity index (χ4n) is 3.57. The van der Waals surface area contributed by atoms with Crippen molar-refractivity contribution in [1.82, 2.24) is 4.90 Å². The number of amides is 2. The highest BCUT2D eigenvalue weighted by Gasteiger charge is 2.29. The molecule has 0 spiro atoms. The summed E-state index contributed by atoms with van der Waals surface area (Å²) in [5.41, 5.74) is 0.698. The van der Waals surface area contributed by atoms with E-state index in [1.54, 1.807) is 12.0 Å². The molecule has 0 bridgehead atoms. The van der Waals surface area contributed by atoms with E-state index in [0.29, 0.717) is 43.7 Å². The first-order valence-electron chi connectivity index (χ1n) is 9.88. The first-order valence-corrected chi connectivity index (χ1v) is 11.9. The number of likely N-dealkylation sites (tertiary alicyclic amines) is 1. The molecule has 1 aromatic rings. The van der Waals surface area contributed by atoms with Crippen LogP contribution in [0.2, 0.25) is 0 Å². The van der Waals surface area contributed by atoms with E-state index in [1.165, 1.54) is 30.5 Å². The molecule has 3 rings (SSSR count). The summed E-state index contributed by atoms with van der Waals surface area (Å²) < 4.78 is 41.2. The van der Waals surface area contributed by atoms with Crippen molar-refractivity contribution >= 4 is 27.6 Å². The van der Waals surface area contributed by atoms with Crippen LogP contribution in [0.15, 0.2) is 28.1 Å². The maximum absolute atomic E-state index is 13.4. The number of rotatable bonds is 5. The number of piperidine rings is 1. The summed E-state index contributed by atoms with van der Waals surface area (Å²) in [4.78, 5) is 26.6. The lowest BCUT2D eigenvalue weighted by Gasteiger charge is -2.33. The van der Waals surface area contributed by atoms with E-state index in [0.717, 1.165) is 0 Å². The highest BCUT2D eigenvalue weighted by Crippen LogP contribution is 2.28. The second-order valence-electron chi connectivity index (χ2n) is 7.73. The van der Waals surface area contributed by atoms with Crippen LogP contribution in [0.3, 0.4) is 0 Å².